The predicted octanol–water partition coefficient (Wildman–Crippen LogP) is 4.24. The Labute approximate surface area is 272 Å². The van der Waals surface area contributed by atoms with Gasteiger partial charge >= 0.3 is 66.6 Å². The molecule has 2 fully saturated rings. The molecule has 0 saturated heterocycles. The molecule has 0 radical (unpaired) electrons. The van der Waals surface area contributed by atoms with E-state index in [2.05, 4.69) is 99.7 Å². The number of allylic oxidation sites excluding steroid dienone is 4. The molecule has 3 aromatic carbocycles. The first-order valence-corrected chi connectivity index (χ1v) is 16.0. The Balaban J connectivity index is 0.000000240. The number of hydrogen-bond donors (Lipinski definition) is 0. The minimum absolute atomic E-state index is 0. The van der Waals surface area contributed by atoms with Gasteiger partial charge in [-0.25, -0.2) is 12.2 Å². The van der Waals surface area contributed by atoms with Gasteiger partial charge in [0.1, 0.15) is 0 Å². The van der Waals surface area contributed by atoms with Crippen molar-refractivity contribution >= 4 is 3.81 Å². The third-order valence-electron chi connectivity index (χ3n) is 8.79. The molecule has 0 aromatic heterocycles. The van der Waals surface area contributed by atoms with Crippen LogP contribution < -0.4 is 24.8 Å². The zero-order valence-electron chi connectivity index (χ0n) is 24.4. The molecule has 0 amide bonds. The van der Waals surface area contributed by atoms with E-state index in [4.69, 9.17) is 0 Å². The first-order valence-electron chi connectivity index (χ1n) is 15.2. The molecule has 0 unspecified atom stereocenters. The van der Waals surface area contributed by atoms with Gasteiger partial charge in [0.05, 0.1) is 0 Å². The third kappa shape index (κ3) is 9.40. The summed E-state index contributed by atoms with van der Waals surface area (Å²) in [6, 6.07) is 26.3. The zero-order chi connectivity index (χ0) is 26.9. The minimum atomic E-state index is 0. The first kappa shape index (κ1) is 33.8. The summed E-state index contributed by atoms with van der Waals surface area (Å²) in [7, 11) is 0. The average Bonchev–Trinajstić information content (AvgIpc) is 3.70. The standard InChI is InChI=1S/C25H29.C8H8.C5H5.2ClH.Ti/c1-3-7-18(8-4-1)20-11-13-22-15-23-14-12-21(17-25(23)24(22)16-20)19-9-5-2-6-10-19;1-2-8-6-4-3-5-7-8;1-2-4-5-3-1;;;/h11-13,16-19H,1-10,15H2;3-7H,1H3;1-3H,4H2;2*1H;/q-1;;-1;;;+2/p-2. The second-order valence-electron chi connectivity index (χ2n) is 11.6. The van der Waals surface area contributed by atoms with Gasteiger partial charge in [-0.05, 0) is 30.7 Å². The van der Waals surface area contributed by atoms with E-state index >= 15 is 0 Å². The van der Waals surface area contributed by atoms with Gasteiger partial charge in [-0.1, -0.05) is 86.6 Å². The Bertz CT molecular complexity index is 1220. The van der Waals surface area contributed by atoms with Crippen molar-refractivity contribution in [2.45, 2.75) is 95.8 Å². The van der Waals surface area contributed by atoms with Crippen LogP contribution in [0.4, 0.5) is 0 Å². The van der Waals surface area contributed by atoms with Crippen LogP contribution in [0.1, 0.15) is 117 Å². The molecule has 214 valence electrons. The second-order valence-corrected chi connectivity index (χ2v) is 12.8. The predicted molar refractivity (Wildman–Crippen MR) is 163 cm³/mol. The summed E-state index contributed by atoms with van der Waals surface area (Å²) in [6.07, 6.45) is 25.1. The van der Waals surface area contributed by atoms with E-state index in [1.807, 2.05) is 18.2 Å². The summed E-state index contributed by atoms with van der Waals surface area (Å²) >= 11 is 2.12. The summed E-state index contributed by atoms with van der Waals surface area (Å²) in [4.78, 5) is 0. The smallest absolute Gasteiger partial charge is 0.0162 e. The molecule has 0 atom stereocenters. The SMILES string of the molecule is C[C](=[Ti+2])c1ccccc1.[C-]1=CC=CC1.[Cl-].[Cl-].[c-]1cc(C2CCCCC2)cc2c1Cc1ccc(C3CCCCC3)cc1-2. The molecule has 0 spiro atoms. The number of fused-ring (bicyclic) bond motifs is 3. The van der Waals surface area contributed by atoms with Crippen LogP contribution in [0.3, 0.4) is 0 Å². The molecule has 0 bridgehead atoms. The topological polar surface area (TPSA) is 0 Å². The van der Waals surface area contributed by atoms with Gasteiger partial charge in [0.15, 0.2) is 0 Å². The van der Waals surface area contributed by atoms with E-state index < -0.39 is 0 Å². The average molecular weight is 618 g/mol. The Morgan fingerprint density at radius 2 is 1.39 bits per heavy atom. The zero-order valence-corrected chi connectivity index (χ0v) is 27.5. The van der Waals surface area contributed by atoms with Crippen molar-refractivity contribution in [3.63, 3.8) is 0 Å². The Hall–Kier alpha value is -1.70. The van der Waals surface area contributed by atoms with Crippen molar-refractivity contribution in [3.05, 3.63) is 119 Å². The monoisotopic (exact) mass is 616 g/mol. The van der Waals surface area contributed by atoms with E-state index in [0.717, 1.165) is 24.7 Å². The number of rotatable bonds is 3. The van der Waals surface area contributed by atoms with Crippen LogP contribution in [-0.4, -0.2) is 3.81 Å². The molecular weight excluding hydrogens is 575 g/mol. The van der Waals surface area contributed by atoms with Gasteiger partial charge in [-0.2, -0.15) is 35.4 Å². The maximum atomic E-state index is 3.66. The Morgan fingerprint density at radius 3 is 1.93 bits per heavy atom. The molecule has 0 N–H and O–H groups in total. The van der Waals surface area contributed by atoms with E-state index in [0.29, 0.717) is 0 Å². The molecular formula is C38H42Cl2Ti-2. The van der Waals surface area contributed by atoms with Crippen LogP contribution in [0.5, 0.6) is 0 Å². The molecule has 0 aliphatic heterocycles. The van der Waals surface area contributed by atoms with Gasteiger partial charge in [-0.15, -0.1) is 12.0 Å². The van der Waals surface area contributed by atoms with Crippen molar-refractivity contribution < 1.29 is 44.8 Å². The maximum Gasteiger partial charge on any atom is -0.0162 e. The van der Waals surface area contributed by atoms with Crippen LogP contribution >= 0.6 is 0 Å². The second kappa shape index (κ2) is 17.4. The molecule has 0 nitrogen and oxygen atoms in total. The van der Waals surface area contributed by atoms with Gasteiger partial charge in [0.2, 0.25) is 0 Å². The normalized spacial score (nSPS) is 17.0. The minimum Gasteiger partial charge on any atom is -1.00 e. The fraction of sp³-hybridized carbons (Fsp3) is 0.395. The van der Waals surface area contributed by atoms with Crippen LogP contribution in [0.2, 0.25) is 0 Å². The van der Waals surface area contributed by atoms with Crippen molar-refractivity contribution in [3.8, 4) is 11.1 Å². The molecule has 4 aliphatic carbocycles. The largest absolute Gasteiger partial charge is 1.00 e. The fourth-order valence-electron chi connectivity index (χ4n) is 6.51. The molecule has 3 heteroatoms. The van der Waals surface area contributed by atoms with E-state index in [1.165, 1.54) is 95.8 Å². The van der Waals surface area contributed by atoms with Crippen molar-refractivity contribution in [1.29, 1.82) is 0 Å². The fourth-order valence-corrected chi connectivity index (χ4v) is 6.77. The van der Waals surface area contributed by atoms with Gasteiger partial charge in [0.25, 0.3) is 0 Å². The summed E-state index contributed by atoms with van der Waals surface area (Å²) in [5.41, 5.74) is 10.4. The number of benzene rings is 3. The molecule has 3 aromatic rings. The molecule has 4 aliphatic rings. The molecule has 2 saturated carbocycles. The first-order chi connectivity index (χ1) is 19.2. The third-order valence-corrected chi connectivity index (χ3v) is 9.24. The maximum absolute atomic E-state index is 3.66. The van der Waals surface area contributed by atoms with Crippen molar-refractivity contribution in [2.75, 3.05) is 0 Å². The summed E-state index contributed by atoms with van der Waals surface area (Å²) in [5, 5.41) is 0. The van der Waals surface area contributed by atoms with Crippen molar-refractivity contribution in [1.82, 2.24) is 0 Å². The van der Waals surface area contributed by atoms with Crippen LogP contribution in [-0.2, 0) is 26.4 Å². The summed E-state index contributed by atoms with van der Waals surface area (Å²) in [6.45, 7) is 2.12. The number of hydrogen-bond acceptors (Lipinski definition) is 0. The van der Waals surface area contributed by atoms with Gasteiger partial charge in [0, 0.05) is 0 Å². The molecule has 41 heavy (non-hydrogen) atoms. The van der Waals surface area contributed by atoms with Crippen LogP contribution in [0.15, 0.2) is 78.9 Å². The van der Waals surface area contributed by atoms with E-state index in [9.17, 15) is 0 Å². The Morgan fingerprint density at radius 1 is 0.756 bits per heavy atom. The van der Waals surface area contributed by atoms with Crippen molar-refractivity contribution in [2.24, 2.45) is 0 Å². The van der Waals surface area contributed by atoms with E-state index in [1.54, 1.807) is 11.1 Å². The van der Waals surface area contributed by atoms with Crippen LogP contribution in [0, 0.1) is 12.1 Å². The number of halogens is 2. The molecule has 0 heterocycles. The van der Waals surface area contributed by atoms with Crippen LogP contribution in [0.25, 0.3) is 11.1 Å². The Kier molecular flexibility index (Phi) is 14.4. The summed E-state index contributed by atoms with van der Waals surface area (Å²) in [5.74, 6) is 1.58. The van der Waals surface area contributed by atoms with E-state index in [-0.39, 0.29) is 24.8 Å². The molecule has 7 rings (SSSR count). The summed E-state index contributed by atoms with van der Waals surface area (Å²) < 4.78 is 1.37. The van der Waals surface area contributed by atoms with Gasteiger partial charge < -0.3 is 24.8 Å². The van der Waals surface area contributed by atoms with Gasteiger partial charge in [-0.3, -0.25) is 6.08 Å². The quantitative estimate of drug-likeness (QED) is 0.239.